The standard InChI is InChI=1S/C11H17N7/c1-8(6-18-5-3-4-15-18)16-10-9(2)11(17-12)14-7-13-10/h3-5,7-8H,6,12H2,1-2H3,(H2,13,14,16,17). The van der Waals surface area contributed by atoms with Gasteiger partial charge in [0.05, 0.1) is 6.54 Å². The first kappa shape index (κ1) is 12.3. The summed E-state index contributed by atoms with van der Waals surface area (Å²) in [6.45, 7) is 4.75. The van der Waals surface area contributed by atoms with Gasteiger partial charge in [-0.2, -0.15) is 5.10 Å². The van der Waals surface area contributed by atoms with E-state index >= 15 is 0 Å². The van der Waals surface area contributed by atoms with Gasteiger partial charge >= 0.3 is 0 Å². The molecule has 2 rings (SSSR count). The first-order valence-electron chi connectivity index (χ1n) is 5.73. The van der Waals surface area contributed by atoms with Gasteiger partial charge in [0.25, 0.3) is 0 Å². The quantitative estimate of drug-likeness (QED) is 0.533. The van der Waals surface area contributed by atoms with Crippen molar-refractivity contribution in [2.24, 2.45) is 5.84 Å². The zero-order valence-corrected chi connectivity index (χ0v) is 10.5. The van der Waals surface area contributed by atoms with E-state index in [1.54, 1.807) is 6.20 Å². The Balaban J connectivity index is 2.05. The first-order valence-corrected chi connectivity index (χ1v) is 5.73. The van der Waals surface area contributed by atoms with Crippen molar-refractivity contribution < 1.29 is 0 Å². The lowest BCUT2D eigenvalue weighted by Gasteiger charge is -2.17. The number of nitrogens with zero attached hydrogens (tertiary/aromatic N) is 4. The molecule has 0 aliphatic heterocycles. The molecule has 1 atom stereocenters. The van der Waals surface area contributed by atoms with Crippen molar-refractivity contribution in [1.29, 1.82) is 0 Å². The van der Waals surface area contributed by atoms with Gasteiger partial charge in [-0.1, -0.05) is 0 Å². The van der Waals surface area contributed by atoms with Gasteiger partial charge in [-0.25, -0.2) is 15.8 Å². The molecule has 7 nitrogen and oxygen atoms in total. The SMILES string of the molecule is Cc1c(NN)ncnc1NC(C)Cn1cccn1. The maximum Gasteiger partial charge on any atom is 0.148 e. The highest BCUT2D eigenvalue weighted by molar-refractivity contribution is 5.56. The summed E-state index contributed by atoms with van der Waals surface area (Å²) >= 11 is 0. The van der Waals surface area contributed by atoms with E-state index in [-0.39, 0.29) is 6.04 Å². The number of aromatic nitrogens is 4. The molecule has 0 fully saturated rings. The highest BCUT2D eigenvalue weighted by atomic mass is 15.3. The molecule has 0 spiro atoms. The molecule has 0 aromatic carbocycles. The van der Waals surface area contributed by atoms with Crippen LogP contribution in [0.15, 0.2) is 24.8 Å². The average molecular weight is 247 g/mol. The highest BCUT2D eigenvalue weighted by Gasteiger charge is 2.09. The minimum absolute atomic E-state index is 0.198. The number of rotatable bonds is 5. The fraction of sp³-hybridized carbons (Fsp3) is 0.364. The van der Waals surface area contributed by atoms with E-state index in [4.69, 9.17) is 5.84 Å². The van der Waals surface area contributed by atoms with Crippen LogP contribution in [-0.2, 0) is 6.54 Å². The summed E-state index contributed by atoms with van der Waals surface area (Å²) < 4.78 is 1.87. The fourth-order valence-corrected chi connectivity index (χ4v) is 1.71. The van der Waals surface area contributed by atoms with Gasteiger partial charge in [0.15, 0.2) is 0 Å². The first-order chi connectivity index (χ1) is 8.70. The fourth-order valence-electron chi connectivity index (χ4n) is 1.71. The summed E-state index contributed by atoms with van der Waals surface area (Å²) in [6, 6.07) is 2.10. The molecule has 0 aliphatic rings. The van der Waals surface area contributed by atoms with Crippen LogP contribution in [0.5, 0.6) is 0 Å². The summed E-state index contributed by atoms with van der Waals surface area (Å²) in [4.78, 5) is 8.24. The molecule has 0 saturated carbocycles. The molecular weight excluding hydrogens is 230 g/mol. The third-order valence-electron chi connectivity index (χ3n) is 2.62. The summed E-state index contributed by atoms with van der Waals surface area (Å²) in [5.74, 6) is 6.78. The minimum atomic E-state index is 0.198. The molecule has 0 saturated heterocycles. The van der Waals surface area contributed by atoms with Crippen LogP contribution in [0.3, 0.4) is 0 Å². The van der Waals surface area contributed by atoms with Gasteiger partial charge in [-0.15, -0.1) is 0 Å². The lowest BCUT2D eigenvalue weighted by atomic mass is 10.2. The molecule has 1 unspecified atom stereocenters. The number of hydrazine groups is 1. The van der Waals surface area contributed by atoms with Crippen LogP contribution < -0.4 is 16.6 Å². The largest absolute Gasteiger partial charge is 0.365 e. The molecule has 0 amide bonds. The van der Waals surface area contributed by atoms with Crippen LogP contribution in [0.2, 0.25) is 0 Å². The third-order valence-corrected chi connectivity index (χ3v) is 2.62. The predicted molar refractivity (Wildman–Crippen MR) is 69.9 cm³/mol. The van der Waals surface area contributed by atoms with Crippen molar-refractivity contribution >= 4 is 11.6 Å². The molecule has 2 aromatic heterocycles. The Bertz CT molecular complexity index is 494. The number of hydrogen-bond donors (Lipinski definition) is 3. The summed E-state index contributed by atoms with van der Waals surface area (Å²) in [5, 5.41) is 7.48. The lowest BCUT2D eigenvalue weighted by Crippen LogP contribution is -2.24. The molecule has 0 radical (unpaired) electrons. The zero-order valence-electron chi connectivity index (χ0n) is 10.5. The van der Waals surface area contributed by atoms with Crippen LogP contribution in [0.1, 0.15) is 12.5 Å². The van der Waals surface area contributed by atoms with E-state index in [0.717, 1.165) is 17.9 Å². The molecule has 4 N–H and O–H groups in total. The number of nitrogens with two attached hydrogens (primary N) is 1. The Morgan fingerprint density at radius 1 is 1.39 bits per heavy atom. The Hall–Kier alpha value is -2.15. The van der Waals surface area contributed by atoms with Crippen molar-refractivity contribution in [3.05, 3.63) is 30.4 Å². The van der Waals surface area contributed by atoms with Crippen LogP contribution in [0, 0.1) is 6.92 Å². The van der Waals surface area contributed by atoms with Gasteiger partial charge < -0.3 is 10.7 Å². The molecule has 96 valence electrons. The van der Waals surface area contributed by atoms with E-state index < -0.39 is 0 Å². The Morgan fingerprint density at radius 2 is 2.17 bits per heavy atom. The van der Waals surface area contributed by atoms with Crippen LogP contribution >= 0.6 is 0 Å². The predicted octanol–water partition coefficient (Wildman–Crippen LogP) is 0.768. The maximum atomic E-state index is 5.38. The average Bonchev–Trinajstić information content (AvgIpc) is 2.84. The van der Waals surface area contributed by atoms with Crippen LogP contribution in [0.25, 0.3) is 0 Å². The molecular formula is C11H17N7. The molecule has 2 aromatic rings. The second-order valence-electron chi connectivity index (χ2n) is 4.11. The second kappa shape index (κ2) is 5.46. The van der Waals surface area contributed by atoms with Gasteiger partial charge in [0.1, 0.15) is 18.0 Å². The van der Waals surface area contributed by atoms with Crippen molar-refractivity contribution in [2.45, 2.75) is 26.4 Å². The van der Waals surface area contributed by atoms with Crippen LogP contribution in [-0.4, -0.2) is 25.8 Å². The van der Waals surface area contributed by atoms with E-state index in [2.05, 4.69) is 32.7 Å². The van der Waals surface area contributed by atoms with Gasteiger partial charge in [0.2, 0.25) is 0 Å². The van der Waals surface area contributed by atoms with Crippen LogP contribution in [0.4, 0.5) is 11.6 Å². The van der Waals surface area contributed by atoms with Gasteiger partial charge in [-0.3, -0.25) is 4.68 Å². The number of nitrogen functional groups attached to an aromatic ring is 1. The molecule has 18 heavy (non-hydrogen) atoms. The van der Waals surface area contributed by atoms with Crippen molar-refractivity contribution in [3.63, 3.8) is 0 Å². The zero-order chi connectivity index (χ0) is 13.0. The molecule has 2 heterocycles. The van der Waals surface area contributed by atoms with Crippen molar-refractivity contribution in [3.8, 4) is 0 Å². The topological polar surface area (TPSA) is 93.7 Å². The van der Waals surface area contributed by atoms with Gasteiger partial charge in [0, 0.05) is 24.0 Å². The highest BCUT2D eigenvalue weighted by Crippen LogP contribution is 2.17. The van der Waals surface area contributed by atoms with Crippen molar-refractivity contribution in [2.75, 3.05) is 10.7 Å². The van der Waals surface area contributed by atoms with Crippen molar-refractivity contribution in [1.82, 2.24) is 19.7 Å². The monoisotopic (exact) mass is 247 g/mol. The van der Waals surface area contributed by atoms with E-state index in [1.807, 2.05) is 23.9 Å². The minimum Gasteiger partial charge on any atom is -0.365 e. The second-order valence-corrected chi connectivity index (χ2v) is 4.11. The summed E-state index contributed by atoms with van der Waals surface area (Å²) in [5.41, 5.74) is 3.44. The number of hydrogen-bond acceptors (Lipinski definition) is 6. The molecule has 7 heteroatoms. The Morgan fingerprint density at radius 3 is 2.83 bits per heavy atom. The Labute approximate surface area is 105 Å². The third kappa shape index (κ3) is 2.75. The summed E-state index contributed by atoms with van der Waals surface area (Å²) in [6.07, 6.45) is 5.17. The molecule has 0 aliphatic carbocycles. The number of anilines is 2. The van der Waals surface area contributed by atoms with E-state index in [0.29, 0.717) is 5.82 Å². The lowest BCUT2D eigenvalue weighted by molar-refractivity contribution is 0.559. The van der Waals surface area contributed by atoms with Gasteiger partial charge in [-0.05, 0) is 19.9 Å². The number of nitrogens with one attached hydrogen (secondary N) is 2. The van der Waals surface area contributed by atoms with E-state index in [9.17, 15) is 0 Å². The smallest absolute Gasteiger partial charge is 0.148 e. The summed E-state index contributed by atoms with van der Waals surface area (Å²) in [7, 11) is 0. The molecule has 0 bridgehead atoms. The van der Waals surface area contributed by atoms with E-state index in [1.165, 1.54) is 6.33 Å². The maximum absolute atomic E-state index is 5.38. The normalized spacial score (nSPS) is 12.2. The Kier molecular flexibility index (Phi) is 3.73.